The van der Waals surface area contributed by atoms with E-state index in [2.05, 4.69) is 5.32 Å². The summed E-state index contributed by atoms with van der Waals surface area (Å²) in [6.07, 6.45) is -12.5. The summed E-state index contributed by atoms with van der Waals surface area (Å²) >= 11 is 0. The molecule has 25 heavy (non-hydrogen) atoms. The van der Waals surface area contributed by atoms with Crippen LogP contribution in [-0.2, 0) is 17.0 Å². The smallest absolute Gasteiger partial charge is 0.306 e. The van der Waals surface area contributed by atoms with Crippen molar-refractivity contribution in [3.8, 4) is 0 Å². The Bertz CT molecular complexity index is 701. The zero-order valence-corrected chi connectivity index (χ0v) is 12.3. The second-order valence-electron chi connectivity index (χ2n) is 5.21. The largest absolute Gasteiger partial charge is 0.435 e. The van der Waals surface area contributed by atoms with Gasteiger partial charge in [0.2, 0.25) is 5.91 Å². The van der Waals surface area contributed by atoms with Crippen LogP contribution >= 0.6 is 0 Å². The molecular formula is C13H10F7N3O2. The van der Waals surface area contributed by atoms with Crippen molar-refractivity contribution in [1.82, 2.24) is 10.4 Å². The molecule has 0 radical (unpaired) electrons. The molecule has 1 aliphatic rings. The Morgan fingerprint density at radius 3 is 2.16 bits per heavy atom. The van der Waals surface area contributed by atoms with Gasteiger partial charge in [0.15, 0.2) is 0 Å². The van der Waals surface area contributed by atoms with Crippen molar-refractivity contribution in [2.45, 2.75) is 31.5 Å². The number of alkyl halides is 7. The normalized spacial score (nSPS) is 15.5. The van der Waals surface area contributed by atoms with Crippen molar-refractivity contribution in [3.63, 3.8) is 0 Å². The van der Waals surface area contributed by atoms with Gasteiger partial charge in [-0.3, -0.25) is 10.2 Å². The van der Waals surface area contributed by atoms with Crippen molar-refractivity contribution in [2.24, 2.45) is 0 Å². The number of hydrogen-bond donors (Lipinski definition) is 2. The van der Waals surface area contributed by atoms with Crippen LogP contribution in [-0.4, -0.2) is 29.3 Å². The van der Waals surface area contributed by atoms with Gasteiger partial charge in [-0.15, -0.1) is 0 Å². The first-order valence-corrected chi connectivity index (χ1v) is 6.59. The number of urea groups is 1. The predicted octanol–water partition coefficient (Wildman–Crippen LogP) is 3.37. The van der Waals surface area contributed by atoms with E-state index in [1.54, 1.807) is 0 Å². The summed E-state index contributed by atoms with van der Waals surface area (Å²) in [5, 5.41) is 2.79. The maximum absolute atomic E-state index is 14.1. The molecule has 0 fully saturated rings. The van der Waals surface area contributed by atoms with Crippen LogP contribution in [0.3, 0.4) is 0 Å². The molecule has 0 bridgehead atoms. The molecule has 1 aliphatic heterocycles. The highest BCUT2D eigenvalue weighted by molar-refractivity contribution is 5.93. The number of rotatable bonds is 2. The fourth-order valence-corrected chi connectivity index (χ4v) is 2.25. The zero-order chi connectivity index (χ0) is 19.2. The Hall–Kier alpha value is -2.53. The van der Waals surface area contributed by atoms with Crippen LogP contribution in [0.4, 0.5) is 41.2 Å². The molecule has 2 rings (SSSR count). The second kappa shape index (κ2) is 5.77. The molecule has 0 spiro atoms. The number of carbonyl (C=O) groups is 2. The minimum atomic E-state index is -6.24. The van der Waals surface area contributed by atoms with Gasteiger partial charge in [-0.2, -0.15) is 26.3 Å². The van der Waals surface area contributed by atoms with E-state index in [0.29, 0.717) is 17.1 Å². The molecule has 2 N–H and O–H groups in total. The van der Waals surface area contributed by atoms with Gasteiger partial charge in [0.1, 0.15) is 0 Å². The summed E-state index contributed by atoms with van der Waals surface area (Å²) in [6, 6.07) is 0.534. The van der Waals surface area contributed by atoms with E-state index in [9.17, 15) is 40.3 Å². The molecule has 138 valence electrons. The first-order valence-electron chi connectivity index (χ1n) is 6.59. The molecule has 5 nitrogen and oxygen atoms in total. The van der Waals surface area contributed by atoms with Crippen molar-refractivity contribution >= 4 is 17.6 Å². The lowest BCUT2D eigenvalue weighted by Crippen LogP contribution is -2.51. The summed E-state index contributed by atoms with van der Waals surface area (Å²) in [4.78, 5) is 22.6. The third-order valence-electron chi connectivity index (χ3n) is 3.39. The number of benzene rings is 1. The highest BCUT2D eigenvalue weighted by Gasteiger charge is 2.73. The van der Waals surface area contributed by atoms with E-state index in [4.69, 9.17) is 0 Å². The van der Waals surface area contributed by atoms with Crippen LogP contribution in [0, 0.1) is 0 Å². The van der Waals surface area contributed by atoms with Crippen molar-refractivity contribution < 1.29 is 40.3 Å². The minimum Gasteiger partial charge on any atom is -0.306 e. The Kier molecular flexibility index (Phi) is 4.34. The first-order chi connectivity index (χ1) is 11.3. The predicted molar refractivity (Wildman–Crippen MR) is 69.7 cm³/mol. The number of nitrogens with zero attached hydrogens (tertiary/aromatic N) is 1. The van der Waals surface area contributed by atoms with E-state index in [-0.39, 0.29) is 11.3 Å². The van der Waals surface area contributed by atoms with Gasteiger partial charge in [0, 0.05) is 18.2 Å². The average Bonchev–Trinajstić information content (AvgIpc) is 2.44. The number of hydrazine groups is 1. The molecule has 12 heteroatoms. The Morgan fingerprint density at radius 2 is 1.68 bits per heavy atom. The molecule has 0 aromatic heterocycles. The fraction of sp³-hybridized carbons (Fsp3) is 0.385. The Labute approximate surface area is 135 Å². The van der Waals surface area contributed by atoms with Gasteiger partial charge in [-0.05, 0) is 17.7 Å². The van der Waals surface area contributed by atoms with Crippen molar-refractivity contribution in [2.75, 3.05) is 5.32 Å². The Morgan fingerprint density at radius 1 is 1.12 bits per heavy atom. The van der Waals surface area contributed by atoms with Crippen LogP contribution in [0.15, 0.2) is 18.2 Å². The topological polar surface area (TPSA) is 61.4 Å². The summed E-state index contributed by atoms with van der Waals surface area (Å²) < 4.78 is 90.9. The number of fused-ring (bicyclic) bond motifs is 1. The molecule has 3 amide bonds. The number of amides is 3. The Balaban J connectivity index is 2.50. The van der Waals surface area contributed by atoms with E-state index in [1.165, 1.54) is 0 Å². The third kappa shape index (κ3) is 3.20. The molecular weight excluding hydrogens is 363 g/mol. The van der Waals surface area contributed by atoms with Crippen LogP contribution in [0.2, 0.25) is 0 Å². The number of anilines is 1. The number of halogens is 7. The number of carbonyl (C=O) groups excluding carboxylic acids is 2. The van der Waals surface area contributed by atoms with E-state index in [1.807, 2.05) is 5.43 Å². The maximum atomic E-state index is 14.1. The summed E-state index contributed by atoms with van der Waals surface area (Å²) in [6.45, 7) is 0.499. The first kappa shape index (κ1) is 18.8. The quantitative estimate of drug-likeness (QED) is 0.781. The summed E-state index contributed by atoms with van der Waals surface area (Å²) in [7, 11) is 0. The fourth-order valence-electron chi connectivity index (χ4n) is 2.25. The standard InChI is InChI=1S/C13H10F7N3O2/c1-6(24)22-23-5-7-4-8(2-3-9(7)21-10(23)25)11(14,12(15,16)17)13(18,19)20/h2-4H,5H2,1H3,(H,21,25)(H,22,24). The van der Waals surface area contributed by atoms with Crippen molar-refractivity contribution in [1.29, 1.82) is 0 Å². The van der Waals surface area contributed by atoms with E-state index < -0.39 is 42.1 Å². The van der Waals surface area contributed by atoms with Gasteiger partial charge in [0.05, 0.1) is 6.54 Å². The SMILES string of the molecule is CC(=O)NN1Cc2cc(C(F)(C(F)(F)F)C(F)(F)F)ccc2NC1=O. The lowest BCUT2D eigenvalue weighted by Gasteiger charge is -2.33. The molecule has 0 atom stereocenters. The molecule has 0 saturated carbocycles. The van der Waals surface area contributed by atoms with E-state index >= 15 is 0 Å². The zero-order valence-electron chi connectivity index (χ0n) is 12.3. The van der Waals surface area contributed by atoms with Gasteiger partial charge in [-0.25, -0.2) is 14.2 Å². The molecule has 0 aliphatic carbocycles. The highest BCUT2D eigenvalue weighted by Crippen LogP contribution is 2.53. The van der Waals surface area contributed by atoms with Crippen LogP contribution in [0.5, 0.6) is 0 Å². The van der Waals surface area contributed by atoms with Gasteiger partial charge in [-0.1, -0.05) is 6.07 Å². The van der Waals surface area contributed by atoms with Gasteiger partial charge < -0.3 is 5.32 Å². The van der Waals surface area contributed by atoms with Crippen LogP contribution in [0.1, 0.15) is 18.1 Å². The molecule has 0 saturated heterocycles. The maximum Gasteiger partial charge on any atom is 0.435 e. The van der Waals surface area contributed by atoms with Crippen LogP contribution in [0.25, 0.3) is 0 Å². The van der Waals surface area contributed by atoms with Gasteiger partial charge >= 0.3 is 24.1 Å². The van der Waals surface area contributed by atoms with Gasteiger partial charge in [0.25, 0.3) is 0 Å². The van der Waals surface area contributed by atoms with E-state index in [0.717, 1.165) is 13.0 Å². The minimum absolute atomic E-state index is 0.0953. The molecule has 1 heterocycles. The molecule has 1 aromatic rings. The third-order valence-corrected chi connectivity index (χ3v) is 3.39. The summed E-state index contributed by atoms with van der Waals surface area (Å²) in [5.41, 5.74) is -5.54. The molecule has 0 unspecified atom stereocenters. The lowest BCUT2D eigenvalue weighted by molar-refractivity contribution is -0.348. The average molecular weight is 373 g/mol. The van der Waals surface area contributed by atoms with Crippen LogP contribution < -0.4 is 10.7 Å². The monoisotopic (exact) mass is 373 g/mol. The number of nitrogens with one attached hydrogen (secondary N) is 2. The highest BCUT2D eigenvalue weighted by atomic mass is 19.4. The molecule has 1 aromatic carbocycles. The number of hydrogen-bond acceptors (Lipinski definition) is 2. The van der Waals surface area contributed by atoms with Crippen molar-refractivity contribution in [3.05, 3.63) is 29.3 Å². The lowest BCUT2D eigenvalue weighted by atomic mass is 9.91. The second-order valence-corrected chi connectivity index (χ2v) is 5.21. The summed E-state index contributed by atoms with van der Waals surface area (Å²) in [5.74, 6) is -0.694.